The van der Waals surface area contributed by atoms with Crippen molar-refractivity contribution in [3.05, 3.63) is 147 Å². The van der Waals surface area contributed by atoms with Crippen molar-refractivity contribution in [1.29, 1.82) is 0 Å². The second-order valence-electron chi connectivity index (χ2n) is 14.5. The monoisotopic (exact) mass is 792 g/mol. The topological polar surface area (TPSA) is 52.8 Å². The van der Waals surface area contributed by atoms with Gasteiger partial charge in [-0.05, 0) is 89.5 Å². The Morgan fingerprint density at radius 1 is 0.842 bits per heavy atom. The molecule has 0 fully saturated rings. The fraction of sp³-hybridized carbons (Fsp3) is 0.277. The molecular weight excluding hydrogens is 749 g/mol. The fourth-order valence-corrected chi connectivity index (χ4v) is 8.11. The number of nitrogens with zero attached hydrogens (tertiary/aromatic N) is 2. The van der Waals surface area contributed by atoms with Gasteiger partial charge in [-0.25, -0.2) is 13.6 Å². The van der Waals surface area contributed by atoms with Crippen molar-refractivity contribution in [2.24, 2.45) is 11.1 Å². The summed E-state index contributed by atoms with van der Waals surface area (Å²) >= 11 is 1.19. The zero-order valence-electron chi connectivity index (χ0n) is 32.1. The van der Waals surface area contributed by atoms with E-state index >= 15 is 0 Å². The van der Waals surface area contributed by atoms with E-state index in [1.807, 2.05) is 24.3 Å². The number of benzene rings is 5. The Morgan fingerprint density at radius 3 is 2.33 bits per heavy atom. The molecule has 0 saturated carbocycles. The maximum absolute atomic E-state index is 14.1. The van der Waals surface area contributed by atoms with Crippen LogP contribution in [0.2, 0.25) is 0 Å². The van der Waals surface area contributed by atoms with Gasteiger partial charge >= 0.3 is 18.3 Å². The molecule has 0 N–H and O–H groups in total. The van der Waals surface area contributed by atoms with Crippen LogP contribution in [0.1, 0.15) is 77.0 Å². The number of fused-ring (bicyclic) bond motifs is 5. The van der Waals surface area contributed by atoms with E-state index in [-0.39, 0.29) is 17.0 Å². The van der Waals surface area contributed by atoms with E-state index in [9.17, 15) is 22.4 Å². The van der Waals surface area contributed by atoms with Gasteiger partial charge in [0.15, 0.2) is 6.61 Å². The summed E-state index contributed by atoms with van der Waals surface area (Å²) < 4.78 is 62.4. The minimum absolute atomic E-state index is 0.112. The van der Waals surface area contributed by atoms with Gasteiger partial charge in [0.1, 0.15) is 16.3 Å². The van der Waals surface area contributed by atoms with E-state index in [0.29, 0.717) is 16.4 Å². The molecule has 5 aromatic carbocycles. The normalized spacial score (nSPS) is 12.9. The summed E-state index contributed by atoms with van der Waals surface area (Å²) in [6.07, 6.45) is 1.19. The van der Waals surface area contributed by atoms with Crippen LogP contribution in [0.25, 0.3) is 32.6 Å². The SMILES string of the molecule is CCCCC(CC)Cn1c2ccc(C(=NOC(=O)c3cccs3)c3ccccc3OCC(F)(F)C(F)F)cc2c2cc(Cc3ccccc3C)c3ccccc3c21. The molecule has 2 heterocycles. The Kier molecular flexibility index (Phi) is 12.1. The lowest BCUT2D eigenvalue weighted by molar-refractivity contribution is -0.148. The molecule has 0 aliphatic heterocycles. The zero-order valence-corrected chi connectivity index (χ0v) is 32.9. The van der Waals surface area contributed by atoms with Gasteiger partial charge in [0.2, 0.25) is 0 Å². The number of aromatic nitrogens is 1. The van der Waals surface area contributed by atoms with Crippen LogP contribution in [0.3, 0.4) is 0 Å². The number of aryl methyl sites for hydroxylation is 1. The summed E-state index contributed by atoms with van der Waals surface area (Å²) in [4.78, 5) is 18.9. The van der Waals surface area contributed by atoms with Crippen molar-refractivity contribution in [2.45, 2.75) is 71.8 Å². The van der Waals surface area contributed by atoms with Crippen LogP contribution in [0.15, 0.2) is 120 Å². The van der Waals surface area contributed by atoms with Gasteiger partial charge in [-0.3, -0.25) is 0 Å². The highest BCUT2D eigenvalue weighted by molar-refractivity contribution is 7.11. The third-order valence-corrected chi connectivity index (χ3v) is 11.5. The lowest BCUT2D eigenvalue weighted by atomic mass is 9.93. The lowest BCUT2D eigenvalue weighted by Gasteiger charge is -2.19. The minimum atomic E-state index is -4.39. The zero-order chi connectivity index (χ0) is 40.1. The number of oxime groups is 1. The number of hydrogen-bond donors (Lipinski definition) is 0. The first-order chi connectivity index (χ1) is 27.6. The number of para-hydroxylation sites is 1. The highest BCUT2D eigenvalue weighted by Crippen LogP contribution is 2.39. The van der Waals surface area contributed by atoms with Gasteiger partial charge in [-0.1, -0.05) is 111 Å². The Morgan fingerprint density at radius 2 is 1.60 bits per heavy atom. The van der Waals surface area contributed by atoms with Gasteiger partial charge in [0.05, 0.1) is 5.52 Å². The predicted molar refractivity (Wildman–Crippen MR) is 223 cm³/mol. The molecule has 10 heteroatoms. The number of hydrogen-bond acceptors (Lipinski definition) is 5. The number of alkyl halides is 4. The van der Waals surface area contributed by atoms with Crippen molar-refractivity contribution in [3.8, 4) is 5.75 Å². The lowest BCUT2D eigenvalue weighted by Crippen LogP contribution is -2.34. The van der Waals surface area contributed by atoms with Crippen LogP contribution in [0.4, 0.5) is 17.6 Å². The molecule has 0 aliphatic rings. The van der Waals surface area contributed by atoms with Gasteiger partial charge < -0.3 is 14.1 Å². The minimum Gasteiger partial charge on any atom is -0.486 e. The number of rotatable bonds is 16. The average molecular weight is 793 g/mol. The number of halogens is 4. The molecule has 1 atom stereocenters. The van der Waals surface area contributed by atoms with Gasteiger partial charge in [-0.15, -0.1) is 11.3 Å². The fourth-order valence-electron chi connectivity index (χ4n) is 7.52. The summed E-state index contributed by atoms with van der Waals surface area (Å²) in [5.41, 5.74) is 6.57. The highest BCUT2D eigenvalue weighted by atomic mass is 32.1. The van der Waals surface area contributed by atoms with Gasteiger partial charge in [0, 0.05) is 39.3 Å². The predicted octanol–water partition coefficient (Wildman–Crippen LogP) is 13.0. The smallest absolute Gasteiger partial charge is 0.375 e. The van der Waals surface area contributed by atoms with Crippen LogP contribution in [0.5, 0.6) is 5.75 Å². The van der Waals surface area contributed by atoms with E-state index in [4.69, 9.17) is 9.57 Å². The van der Waals surface area contributed by atoms with Crippen molar-refractivity contribution in [1.82, 2.24) is 4.57 Å². The summed E-state index contributed by atoms with van der Waals surface area (Å²) in [6, 6.07) is 34.6. The van der Waals surface area contributed by atoms with Gasteiger partial charge in [0.25, 0.3) is 0 Å². The number of carbonyl (C=O) groups excluding carboxylic acids is 1. The summed E-state index contributed by atoms with van der Waals surface area (Å²) in [5.74, 6) is -4.76. The first kappa shape index (κ1) is 39.7. The molecule has 7 rings (SSSR count). The Balaban J connectivity index is 1.45. The van der Waals surface area contributed by atoms with Crippen molar-refractivity contribution in [3.63, 3.8) is 0 Å². The summed E-state index contributed by atoms with van der Waals surface area (Å²) in [5, 5.41) is 10.4. The van der Waals surface area contributed by atoms with Crippen molar-refractivity contribution < 1.29 is 31.9 Å². The second kappa shape index (κ2) is 17.3. The van der Waals surface area contributed by atoms with Crippen molar-refractivity contribution in [2.75, 3.05) is 6.61 Å². The largest absolute Gasteiger partial charge is 0.486 e. The number of unbranched alkanes of at least 4 members (excludes halogenated alkanes) is 1. The van der Waals surface area contributed by atoms with E-state index in [2.05, 4.69) is 79.0 Å². The molecule has 0 spiro atoms. The van der Waals surface area contributed by atoms with Gasteiger partial charge in [-0.2, -0.15) is 8.78 Å². The maximum Gasteiger partial charge on any atom is 0.375 e. The Hall–Kier alpha value is -5.48. The Labute approximate surface area is 333 Å². The molecule has 0 amide bonds. The standard InChI is InChI=1S/C47H44F4N2O3S/c1-4-6-15-31(5-2)28-53-40-23-22-33(26-38(40)39-27-34(25-32-16-8-7-14-30(32)3)35-17-9-10-18-36(35)44(39)53)43(52-56-45(54)42-21-13-24-57-42)37-19-11-12-20-41(37)55-29-47(50,51)46(48)49/h7-14,16-24,26-27,31,46H,4-6,15,25,28-29H2,1-3H3. The molecule has 0 radical (unpaired) electrons. The molecule has 1 unspecified atom stereocenters. The van der Waals surface area contributed by atoms with Crippen LogP contribution in [0, 0.1) is 12.8 Å². The molecule has 0 bridgehead atoms. The average Bonchev–Trinajstić information content (AvgIpc) is 3.87. The number of carbonyl (C=O) groups is 1. The number of thiophene rings is 1. The molecule has 5 nitrogen and oxygen atoms in total. The highest BCUT2D eigenvalue weighted by Gasteiger charge is 2.42. The first-order valence-corrected chi connectivity index (χ1v) is 20.2. The van der Waals surface area contributed by atoms with Crippen LogP contribution in [-0.4, -0.2) is 35.2 Å². The first-order valence-electron chi connectivity index (χ1n) is 19.3. The summed E-state index contributed by atoms with van der Waals surface area (Å²) in [6.45, 7) is 5.83. The Bertz CT molecular complexity index is 2540. The molecule has 57 heavy (non-hydrogen) atoms. The number of ether oxygens (including phenoxy) is 1. The third kappa shape index (κ3) is 8.47. The van der Waals surface area contributed by atoms with Crippen LogP contribution in [-0.2, 0) is 17.8 Å². The quantitative estimate of drug-likeness (QED) is 0.0424. The second-order valence-corrected chi connectivity index (χ2v) is 15.4. The maximum atomic E-state index is 14.1. The van der Waals surface area contributed by atoms with Crippen LogP contribution >= 0.6 is 11.3 Å². The molecule has 0 saturated heterocycles. The van der Waals surface area contributed by atoms with E-state index < -0.39 is 24.9 Å². The molecule has 294 valence electrons. The van der Waals surface area contributed by atoms with E-state index in [0.717, 1.165) is 65.8 Å². The van der Waals surface area contributed by atoms with E-state index in [1.54, 1.807) is 35.7 Å². The third-order valence-electron chi connectivity index (χ3n) is 10.7. The van der Waals surface area contributed by atoms with Crippen LogP contribution < -0.4 is 4.74 Å². The molecule has 7 aromatic rings. The van der Waals surface area contributed by atoms with E-state index in [1.165, 1.54) is 39.5 Å². The van der Waals surface area contributed by atoms with Crippen molar-refractivity contribution >= 4 is 55.6 Å². The molecule has 0 aliphatic carbocycles. The summed E-state index contributed by atoms with van der Waals surface area (Å²) in [7, 11) is 0. The molecule has 2 aromatic heterocycles. The molecular formula is C47H44F4N2O3S.